The molecule has 0 aliphatic carbocycles. The molecule has 1 aromatic heterocycles. The van der Waals surface area contributed by atoms with Crippen molar-refractivity contribution in [1.82, 2.24) is 0 Å². The number of hydrogen-bond acceptors (Lipinski definition) is 4. The molecule has 18 heavy (non-hydrogen) atoms. The van der Waals surface area contributed by atoms with Gasteiger partial charge in [-0.05, 0) is 36.1 Å². The zero-order valence-corrected chi connectivity index (χ0v) is 11.3. The lowest BCUT2D eigenvalue weighted by atomic mass is 10.1. The van der Waals surface area contributed by atoms with Crippen LogP contribution in [-0.4, -0.2) is 20.0 Å². The van der Waals surface area contributed by atoms with Crippen LogP contribution < -0.4 is 9.47 Å². The standard InChI is InChI=1S/C14H14O3S/c1-9-6-7-18-14(9)13(15)11-5-4-10(16-2)8-12(11)17-3/h4-8H,1-3H3. The molecule has 0 aliphatic heterocycles. The molecule has 0 N–H and O–H groups in total. The predicted octanol–water partition coefficient (Wildman–Crippen LogP) is 3.30. The minimum atomic E-state index is -0.0120. The number of carbonyl (C=O) groups excluding carboxylic acids is 1. The van der Waals surface area contributed by atoms with Gasteiger partial charge in [-0.2, -0.15) is 0 Å². The van der Waals surface area contributed by atoms with Gasteiger partial charge in [-0.15, -0.1) is 11.3 Å². The van der Waals surface area contributed by atoms with Gasteiger partial charge in [0.1, 0.15) is 11.5 Å². The second-order valence-corrected chi connectivity index (χ2v) is 4.74. The molecule has 0 spiro atoms. The Balaban J connectivity index is 2.45. The van der Waals surface area contributed by atoms with E-state index in [1.54, 1.807) is 32.4 Å². The second kappa shape index (κ2) is 5.23. The Bertz CT molecular complexity index is 572. The summed E-state index contributed by atoms with van der Waals surface area (Å²) in [5.74, 6) is 1.19. The lowest BCUT2D eigenvalue weighted by Gasteiger charge is -2.09. The summed E-state index contributed by atoms with van der Waals surface area (Å²) in [7, 11) is 3.13. The minimum Gasteiger partial charge on any atom is -0.497 e. The summed E-state index contributed by atoms with van der Waals surface area (Å²) in [6.45, 7) is 1.93. The molecule has 94 valence electrons. The number of benzene rings is 1. The number of thiophene rings is 1. The van der Waals surface area contributed by atoms with Crippen LogP contribution in [-0.2, 0) is 0 Å². The normalized spacial score (nSPS) is 10.2. The lowest BCUT2D eigenvalue weighted by molar-refractivity contribution is 0.103. The van der Waals surface area contributed by atoms with Gasteiger partial charge in [0, 0.05) is 6.07 Å². The van der Waals surface area contributed by atoms with E-state index in [1.165, 1.54) is 11.3 Å². The van der Waals surface area contributed by atoms with Gasteiger partial charge in [0.2, 0.25) is 5.78 Å². The zero-order chi connectivity index (χ0) is 13.1. The van der Waals surface area contributed by atoms with Crippen molar-refractivity contribution >= 4 is 17.1 Å². The summed E-state index contributed by atoms with van der Waals surface area (Å²) in [5.41, 5.74) is 1.55. The molecule has 0 amide bonds. The fourth-order valence-electron chi connectivity index (χ4n) is 1.71. The molecule has 1 heterocycles. The molecule has 0 fully saturated rings. The van der Waals surface area contributed by atoms with E-state index in [1.807, 2.05) is 18.4 Å². The Hall–Kier alpha value is -1.81. The van der Waals surface area contributed by atoms with Crippen molar-refractivity contribution in [3.63, 3.8) is 0 Å². The molecule has 0 atom stereocenters. The Morgan fingerprint density at radius 1 is 1.17 bits per heavy atom. The monoisotopic (exact) mass is 262 g/mol. The van der Waals surface area contributed by atoms with Gasteiger partial charge in [-0.1, -0.05) is 0 Å². The highest BCUT2D eigenvalue weighted by Crippen LogP contribution is 2.29. The highest BCUT2D eigenvalue weighted by molar-refractivity contribution is 7.12. The third-order valence-corrected chi connectivity index (χ3v) is 3.74. The average Bonchev–Trinajstić information content (AvgIpc) is 2.83. The van der Waals surface area contributed by atoms with Gasteiger partial charge in [-0.3, -0.25) is 4.79 Å². The third-order valence-electron chi connectivity index (χ3n) is 2.72. The summed E-state index contributed by atoms with van der Waals surface area (Å²) in [6, 6.07) is 7.15. The number of carbonyl (C=O) groups is 1. The Kier molecular flexibility index (Phi) is 3.67. The first-order valence-corrected chi connectivity index (χ1v) is 6.36. The largest absolute Gasteiger partial charge is 0.497 e. The van der Waals surface area contributed by atoms with Crippen LogP contribution in [0.2, 0.25) is 0 Å². The van der Waals surface area contributed by atoms with E-state index < -0.39 is 0 Å². The van der Waals surface area contributed by atoms with Gasteiger partial charge in [0.05, 0.1) is 24.7 Å². The van der Waals surface area contributed by atoms with Gasteiger partial charge in [0.15, 0.2) is 0 Å². The number of methoxy groups -OCH3 is 2. The molecule has 0 radical (unpaired) electrons. The fourth-order valence-corrected chi connectivity index (χ4v) is 2.59. The number of rotatable bonds is 4. The first kappa shape index (κ1) is 12.6. The van der Waals surface area contributed by atoms with E-state index in [0.717, 1.165) is 10.4 Å². The topological polar surface area (TPSA) is 35.5 Å². The van der Waals surface area contributed by atoms with Crippen molar-refractivity contribution in [2.45, 2.75) is 6.92 Å². The Labute approximate surface area is 110 Å². The van der Waals surface area contributed by atoms with E-state index in [-0.39, 0.29) is 5.78 Å². The van der Waals surface area contributed by atoms with Crippen molar-refractivity contribution in [2.75, 3.05) is 14.2 Å². The Morgan fingerprint density at radius 2 is 1.94 bits per heavy atom. The predicted molar refractivity (Wildman–Crippen MR) is 72.0 cm³/mol. The summed E-state index contributed by atoms with van der Waals surface area (Å²) in [4.78, 5) is 13.1. The molecule has 0 saturated heterocycles. The highest BCUT2D eigenvalue weighted by Gasteiger charge is 2.17. The summed E-state index contributed by atoms with van der Waals surface area (Å²) < 4.78 is 10.4. The van der Waals surface area contributed by atoms with Crippen LogP contribution in [0.1, 0.15) is 20.8 Å². The average molecular weight is 262 g/mol. The minimum absolute atomic E-state index is 0.0120. The summed E-state index contributed by atoms with van der Waals surface area (Å²) in [5, 5.41) is 1.92. The maximum Gasteiger partial charge on any atom is 0.206 e. The molecule has 3 nitrogen and oxygen atoms in total. The first-order valence-electron chi connectivity index (χ1n) is 5.48. The zero-order valence-electron chi connectivity index (χ0n) is 10.5. The van der Waals surface area contributed by atoms with Crippen molar-refractivity contribution in [1.29, 1.82) is 0 Å². The van der Waals surface area contributed by atoms with E-state index in [9.17, 15) is 4.79 Å². The first-order chi connectivity index (χ1) is 8.67. The number of hydrogen-bond donors (Lipinski definition) is 0. The van der Waals surface area contributed by atoms with Crippen LogP contribution in [0.5, 0.6) is 11.5 Å². The molecule has 4 heteroatoms. The van der Waals surface area contributed by atoms with Crippen molar-refractivity contribution < 1.29 is 14.3 Å². The van der Waals surface area contributed by atoms with Crippen molar-refractivity contribution in [3.05, 3.63) is 45.6 Å². The molecule has 0 aliphatic rings. The number of aryl methyl sites for hydroxylation is 1. The summed E-state index contributed by atoms with van der Waals surface area (Å²) in [6.07, 6.45) is 0. The van der Waals surface area contributed by atoms with Crippen LogP contribution >= 0.6 is 11.3 Å². The van der Waals surface area contributed by atoms with Gasteiger partial charge in [-0.25, -0.2) is 0 Å². The van der Waals surface area contributed by atoms with E-state index in [4.69, 9.17) is 9.47 Å². The molecular weight excluding hydrogens is 248 g/mol. The SMILES string of the molecule is COc1ccc(C(=O)c2sccc2C)c(OC)c1. The van der Waals surface area contributed by atoms with Gasteiger partial charge < -0.3 is 9.47 Å². The second-order valence-electron chi connectivity index (χ2n) is 3.83. The maximum atomic E-state index is 12.4. The highest BCUT2D eigenvalue weighted by atomic mass is 32.1. The quantitative estimate of drug-likeness (QED) is 0.793. The van der Waals surface area contributed by atoms with Crippen molar-refractivity contribution in [2.24, 2.45) is 0 Å². The summed E-state index contributed by atoms with van der Waals surface area (Å²) >= 11 is 1.45. The van der Waals surface area contributed by atoms with Gasteiger partial charge in [0.25, 0.3) is 0 Å². The fraction of sp³-hybridized carbons (Fsp3) is 0.214. The molecule has 1 aromatic carbocycles. The van der Waals surface area contributed by atoms with Crippen LogP contribution in [0.25, 0.3) is 0 Å². The molecular formula is C14H14O3S. The van der Waals surface area contributed by atoms with Crippen LogP contribution in [0.15, 0.2) is 29.6 Å². The molecule has 0 bridgehead atoms. The lowest BCUT2D eigenvalue weighted by Crippen LogP contribution is -2.03. The van der Waals surface area contributed by atoms with Crippen molar-refractivity contribution in [3.8, 4) is 11.5 Å². The molecule has 0 saturated carbocycles. The number of ether oxygens (including phenoxy) is 2. The van der Waals surface area contributed by atoms with Gasteiger partial charge >= 0.3 is 0 Å². The van der Waals surface area contributed by atoms with Crippen LogP contribution in [0, 0.1) is 6.92 Å². The van der Waals surface area contributed by atoms with Crippen LogP contribution in [0.4, 0.5) is 0 Å². The maximum absolute atomic E-state index is 12.4. The van der Waals surface area contributed by atoms with E-state index in [2.05, 4.69) is 0 Å². The molecule has 0 unspecified atom stereocenters. The Morgan fingerprint density at radius 3 is 2.50 bits per heavy atom. The number of ketones is 1. The molecule has 2 aromatic rings. The van der Waals surface area contributed by atoms with Crippen LogP contribution in [0.3, 0.4) is 0 Å². The smallest absolute Gasteiger partial charge is 0.206 e. The molecule has 2 rings (SSSR count). The van der Waals surface area contributed by atoms with E-state index in [0.29, 0.717) is 17.1 Å². The third kappa shape index (κ3) is 2.24. The van der Waals surface area contributed by atoms with E-state index >= 15 is 0 Å².